The molecule has 0 amide bonds. The van der Waals surface area contributed by atoms with Crippen LogP contribution in [0.4, 0.5) is 0 Å². The Balaban J connectivity index is 2.15. The van der Waals surface area contributed by atoms with Crippen LogP contribution in [0.5, 0.6) is 5.75 Å². The molecule has 0 spiro atoms. The Morgan fingerprint density at radius 1 is 1.44 bits per heavy atom. The van der Waals surface area contributed by atoms with E-state index in [0.717, 1.165) is 24.5 Å². The van der Waals surface area contributed by atoms with Gasteiger partial charge in [0.15, 0.2) is 0 Å². The van der Waals surface area contributed by atoms with Gasteiger partial charge in [-0.1, -0.05) is 19.1 Å². The Morgan fingerprint density at radius 2 is 2.19 bits per heavy atom. The Morgan fingerprint density at radius 3 is 2.75 bits per heavy atom. The lowest BCUT2D eigenvalue weighted by atomic mass is 10.0. The van der Waals surface area contributed by atoms with Gasteiger partial charge >= 0.3 is 0 Å². The molecule has 1 unspecified atom stereocenters. The minimum Gasteiger partial charge on any atom is -0.496 e. The van der Waals surface area contributed by atoms with Gasteiger partial charge in [-0.3, -0.25) is 0 Å². The van der Waals surface area contributed by atoms with Gasteiger partial charge in [0.05, 0.1) is 7.11 Å². The van der Waals surface area contributed by atoms with Gasteiger partial charge in [-0.25, -0.2) is 0 Å². The van der Waals surface area contributed by atoms with Crippen LogP contribution in [0, 0.1) is 0 Å². The molecule has 0 bridgehead atoms. The van der Waals surface area contributed by atoms with E-state index in [9.17, 15) is 0 Å². The van der Waals surface area contributed by atoms with Crippen molar-refractivity contribution < 1.29 is 4.74 Å². The summed E-state index contributed by atoms with van der Waals surface area (Å²) in [6.45, 7) is 2.13. The molecule has 0 saturated heterocycles. The molecular formula is C14H21NO. The first kappa shape index (κ1) is 11.5. The van der Waals surface area contributed by atoms with Crippen molar-refractivity contribution >= 4 is 0 Å². The van der Waals surface area contributed by atoms with Gasteiger partial charge in [0.1, 0.15) is 5.75 Å². The van der Waals surface area contributed by atoms with Gasteiger partial charge in [0.25, 0.3) is 0 Å². The Hall–Kier alpha value is -1.02. The number of methoxy groups -OCH3 is 1. The molecule has 1 aliphatic rings. The molecule has 1 aromatic carbocycles. The molecule has 2 heteroatoms. The van der Waals surface area contributed by atoms with Gasteiger partial charge in [0, 0.05) is 6.04 Å². The summed E-state index contributed by atoms with van der Waals surface area (Å²) in [6, 6.07) is 6.83. The quantitative estimate of drug-likeness (QED) is 0.826. The third-order valence-electron chi connectivity index (χ3n) is 3.34. The second-order valence-electron chi connectivity index (χ2n) is 4.72. The van der Waals surface area contributed by atoms with Gasteiger partial charge in [-0.05, 0) is 48.8 Å². The van der Waals surface area contributed by atoms with Crippen LogP contribution < -0.4 is 10.5 Å². The predicted molar refractivity (Wildman–Crippen MR) is 66.9 cm³/mol. The monoisotopic (exact) mass is 219 g/mol. The molecule has 88 valence electrons. The molecule has 0 aromatic heterocycles. The molecule has 1 saturated carbocycles. The van der Waals surface area contributed by atoms with E-state index in [1.807, 2.05) is 0 Å². The van der Waals surface area contributed by atoms with Crippen LogP contribution in [-0.4, -0.2) is 13.2 Å². The topological polar surface area (TPSA) is 35.2 Å². The third-order valence-corrected chi connectivity index (χ3v) is 3.34. The highest BCUT2D eigenvalue weighted by Crippen LogP contribution is 2.44. The number of hydrogen-bond donors (Lipinski definition) is 1. The maximum absolute atomic E-state index is 5.97. The summed E-state index contributed by atoms with van der Waals surface area (Å²) in [6.07, 6.45) is 4.58. The normalized spacial score (nSPS) is 17.2. The zero-order valence-corrected chi connectivity index (χ0v) is 10.2. The standard InChI is InChI=1S/C14H21NO/c1-3-12(15)8-10-4-7-13(11-5-6-11)14(9-10)16-2/h4,7,9,11-12H,3,5-6,8,15H2,1-2H3. The van der Waals surface area contributed by atoms with Crippen LogP contribution in [-0.2, 0) is 6.42 Å². The average Bonchev–Trinajstić information content (AvgIpc) is 3.12. The van der Waals surface area contributed by atoms with Gasteiger partial charge in [-0.2, -0.15) is 0 Å². The fourth-order valence-electron chi connectivity index (χ4n) is 2.06. The molecular weight excluding hydrogens is 198 g/mol. The molecule has 0 aliphatic heterocycles. The van der Waals surface area contributed by atoms with E-state index in [2.05, 4.69) is 25.1 Å². The maximum Gasteiger partial charge on any atom is 0.122 e. The molecule has 1 aromatic rings. The van der Waals surface area contributed by atoms with Crippen molar-refractivity contribution in [1.82, 2.24) is 0 Å². The van der Waals surface area contributed by atoms with Crippen LogP contribution in [0.15, 0.2) is 18.2 Å². The van der Waals surface area contributed by atoms with Crippen molar-refractivity contribution in [3.63, 3.8) is 0 Å². The van der Waals surface area contributed by atoms with Crippen molar-refractivity contribution in [1.29, 1.82) is 0 Å². The van der Waals surface area contributed by atoms with E-state index in [0.29, 0.717) is 0 Å². The number of benzene rings is 1. The Kier molecular flexibility index (Phi) is 3.49. The van der Waals surface area contributed by atoms with Crippen molar-refractivity contribution in [2.24, 2.45) is 5.73 Å². The van der Waals surface area contributed by atoms with E-state index in [1.54, 1.807) is 7.11 Å². The van der Waals surface area contributed by atoms with Crippen molar-refractivity contribution in [2.45, 2.75) is 44.6 Å². The molecule has 0 radical (unpaired) electrons. The molecule has 1 aliphatic carbocycles. The van der Waals surface area contributed by atoms with Gasteiger partial charge < -0.3 is 10.5 Å². The highest BCUT2D eigenvalue weighted by Gasteiger charge is 2.26. The summed E-state index contributed by atoms with van der Waals surface area (Å²) in [7, 11) is 1.75. The minimum atomic E-state index is 0.261. The van der Waals surface area contributed by atoms with Gasteiger partial charge in [-0.15, -0.1) is 0 Å². The number of nitrogens with two attached hydrogens (primary N) is 1. The lowest BCUT2D eigenvalue weighted by Crippen LogP contribution is -2.21. The zero-order valence-electron chi connectivity index (χ0n) is 10.2. The van der Waals surface area contributed by atoms with Crippen molar-refractivity contribution in [2.75, 3.05) is 7.11 Å². The van der Waals surface area contributed by atoms with E-state index in [4.69, 9.17) is 10.5 Å². The Labute approximate surface area is 97.8 Å². The smallest absolute Gasteiger partial charge is 0.122 e. The molecule has 1 atom stereocenters. The van der Waals surface area contributed by atoms with Crippen LogP contribution in [0.1, 0.15) is 43.2 Å². The van der Waals surface area contributed by atoms with Crippen LogP contribution >= 0.6 is 0 Å². The first-order valence-electron chi connectivity index (χ1n) is 6.17. The first-order chi connectivity index (χ1) is 7.74. The first-order valence-corrected chi connectivity index (χ1v) is 6.17. The second-order valence-corrected chi connectivity index (χ2v) is 4.72. The predicted octanol–water partition coefficient (Wildman–Crippen LogP) is 2.85. The number of ether oxygens (including phenoxy) is 1. The van der Waals surface area contributed by atoms with E-state index >= 15 is 0 Å². The number of rotatable bonds is 5. The van der Waals surface area contributed by atoms with E-state index < -0.39 is 0 Å². The lowest BCUT2D eigenvalue weighted by Gasteiger charge is -2.12. The van der Waals surface area contributed by atoms with Crippen LogP contribution in [0.3, 0.4) is 0 Å². The van der Waals surface area contributed by atoms with Crippen molar-refractivity contribution in [3.8, 4) is 5.75 Å². The summed E-state index contributed by atoms with van der Waals surface area (Å²) >= 11 is 0. The summed E-state index contributed by atoms with van der Waals surface area (Å²) in [5, 5.41) is 0. The summed E-state index contributed by atoms with van der Waals surface area (Å²) in [5.41, 5.74) is 8.63. The molecule has 1 fully saturated rings. The molecule has 2 rings (SSSR count). The lowest BCUT2D eigenvalue weighted by molar-refractivity contribution is 0.409. The maximum atomic E-state index is 5.97. The fourth-order valence-corrected chi connectivity index (χ4v) is 2.06. The van der Waals surface area contributed by atoms with Gasteiger partial charge in [0.2, 0.25) is 0 Å². The van der Waals surface area contributed by atoms with Crippen LogP contribution in [0.25, 0.3) is 0 Å². The largest absolute Gasteiger partial charge is 0.496 e. The molecule has 0 heterocycles. The van der Waals surface area contributed by atoms with Crippen molar-refractivity contribution in [3.05, 3.63) is 29.3 Å². The fraction of sp³-hybridized carbons (Fsp3) is 0.571. The molecule has 2 nitrogen and oxygen atoms in total. The second kappa shape index (κ2) is 4.88. The van der Waals surface area contributed by atoms with Crippen LogP contribution in [0.2, 0.25) is 0 Å². The number of hydrogen-bond acceptors (Lipinski definition) is 2. The molecule has 2 N–H and O–H groups in total. The van der Waals surface area contributed by atoms with E-state index in [-0.39, 0.29) is 6.04 Å². The average molecular weight is 219 g/mol. The summed E-state index contributed by atoms with van der Waals surface area (Å²) in [4.78, 5) is 0. The summed E-state index contributed by atoms with van der Waals surface area (Å²) < 4.78 is 5.46. The SMILES string of the molecule is CCC(N)Cc1ccc(C2CC2)c(OC)c1. The summed E-state index contributed by atoms with van der Waals surface area (Å²) in [5.74, 6) is 1.78. The van der Waals surface area contributed by atoms with E-state index in [1.165, 1.54) is 24.0 Å². The highest BCUT2D eigenvalue weighted by atomic mass is 16.5. The third kappa shape index (κ3) is 2.56. The zero-order chi connectivity index (χ0) is 11.5. The highest BCUT2D eigenvalue weighted by molar-refractivity contribution is 5.42. The minimum absolute atomic E-state index is 0.261. The molecule has 16 heavy (non-hydrogen) atoms. The Bertz CT molecular complexity index is 358.